The Morgan fingerprint density at radius 3 is 2.79 bits per heavy atom. The van der Waals surface area contributed by atoms with Crippen molar-refractivity contribution in [3.63, 3.8) is 0 Å². The van der Waals surface area contributed by atoms with E-state index < -0.39 is 0 Å². The van der Waals surface area contributed by atoms with Gasteiger partial charge >= 0.3 is 0 Å². The van der Waals surface area contributed by atoms with Crippen molar-refractivity contribution in [1.29, 1.82) is 0 Å². The van der Waals surface area contributed by atoms with Crippen molar-refractivity contribution in [2.45, 2.75) is 26.2 Å². The van der Waals surface area contributed by atoms with Gasteiger partial charge in [0, 0.05) is 32.2 Å². The average molecular weight is 263 g/mol. The lowest BCUT2D eigenvalue weighted by atomic mass is 10.1. The molecule has 2 rings (SSSR count). The minimum absolute atomic E-state index is 0.976. The standard InChI is InChI=1S/C14H25N5/c1-4-6-12-13(15-2)16-11-17-14(12)19-8-5-7-18(3)9-10-19/h11H,4-10H2,1-3H3,(H,15,16,17). The topological polar surface area (TPSA) is 44.3 Å². The first kappa shape index (κ1) is 14.1. The molecule has 0 spiro atoms. The van der Waals surface area contributed by atoms with E-state index in [2.05, 4.69) is 39.1 Å². The second-order valence-electron chi connectivity index (χ2n) is 5.17. The van der Waals surface area contributed by atoms with Crippen molar-refractivity contribution < 1.29 is 0 Å². The summed E-state index contributed by atoms with van der Waals surface area (Å²) in [6.07, 6.45) is 5.01. The van der Waals surface area contributed by atoms with Gasteiger partial charge in [0.15, 0.2) is 0 Å². The van der Waals surface area contributed by atoms with Gasteiger partial charge in [-0.1, -0.05) is 13.3 Å². The summed E-state index contributed by atoms with van der Waals surface area (Å²) in [4.78, 5) is 13.7. The fraction of sp³-hybridized carbons (Fsp3) is 0.714. The van der Waals surface area contributed by atoms with Crippen molar-refractivity contribution in [2.24, 2.45) is 0 Å². The molecular weight excluding hydrogens is 238 g/mol. The molecule has 1 aliphatic heterocycles. The van der Waals surface area contributed by atoms with Crippen LogP contribution in [0.4, 0.5) is 11.6 Å². The van der Waals surface area contributed by atoms with Crippen LogP contribution in [0.1, 0.15) is 25.3 Å². The van der Waals surface area contributed by atoms with Crippen molar-refractivity contribution in [3.8, 4) is 0 Å². The van der Waals surface area contributed by atoms with Crippen molar-refractivity contribution >= 4 is 11.6 Å². The number of hydrogen-bond acceptors (Lipinski definition) is 5. The number of hydrogen-bond donors (Lipinski definition) is 1. The van der Waals surface area contributed by atoms with Gasteiger partial charge in [-0.25, -0.2) is 9.97 Å². The maximum absolute atomic E-state index is 4.55. The van der Waals surface area contributed by atoms with Crippen molar-refractivity contribution in [3.05, 3.63) is 11.9 Å². The van der Waals surface area contributed by atoms with Gasteiger partial charge in [0.25, 0.3) is 0 Å². The van der Waals surface area contributed by atoms with E-state index in [1.165, 1.54) is 18.5 Å². The van der Waals surface area contributed by atoms with Crippen LogP contribution in [0.25, 0.3) is 0 Å². The third-order valence-electron chi connectivity index (χ3n) is 3.68. The molecule has 0 aromatic carbocycles. The SMILES string of the molecule is CCCc1c(NC)ncnc1N1CCCN(C)CC1. The molecule has 0 radical (unpaired) electrons. The summed E-state index contributed by atoms with van der Waals surface area (Å²) in [6, 6.07) is 0. The van der Waals surface area contributed by atoms with Gasteiger partial charge in [-0.05, 0) is 26.4 Å². The zero-order valence-electron chi connectivity index (χ0n) is 12.3. The number of nitrogens with zero attached hydrogens (tertiary/aromatic N) is 4. The lowest BCUT2D eigenvalue weighted by Gasteiger charge is -2.25. The summed E-state index contributed by atoms with van der Waals surface area (Å²) in [5.74, 6) is 2.10. The Bertz CT molecular complexity index is 407. The van der Waals surface area contributed by atoms with Crippen molar-refractivity contribution in [2.75, 3.05) is 50.5 Å². The van der Waals surface area contributed by atoms with Crippen molar-refractivity contribution in [1.82, 2.24) is 14.9 Å². The Kier molecular flexibility index (Phi) is 4.96. The highest BCUT2D eigenvalue weighted by Gasteiger charge is 2.18. The lowest BCUT2D eigenvalue weighted by molar-refractivity contribution is 0.360. The Labute approximate surface area is 116 Å². The first-order valence-electron chi connectivity index (χ1n) is 7.21. The molecule has 2 heterocycles. The van der Waals surface area contributed by atoms with E-state index in [0.717, 1.165) is 44.1 Å². The fourth-order valence-electron chi connectivity index (χ4n) is 2.63. The van der Waals surface area contributed by atoms with E-state index in [0.29, 0.717) is 0 Å². The number of nitrogens with one attached hydrogen (secondary N) is 1. The lowest BCUT2D eigenvalue weighted by Crippen LogP contribution is -2.30. The largest absolute Gasteiger partial charge is 0.373 e. The highest BCUT2D eigenvalue weighted by Crippen LogP contribution is 2.25. The number of aromatic nitrogens is 2. The van der Waals surface area contributed by atoms with Crippen LogP contribution in [0.15, 0.2) is 6.33 Å². The van der Waals surface area contributed by atoms with E-state index in [4.69, 9.17) is 0 Å². The Hall–Kier alpha value is -1.36. The van der Waals surface area contributed by atoms with E-state index in [9.17, 15) is 0 Å². The van der Waals surface area contributed by atoms with E-state index in [-0.39, 0.29) is 0 Å². The first-order valence-corrected chi connectivity index (χ1v) is 7.21. The molecule has 1 fully saturated rings. The summed E-state index contributed by atoms with van der Waals surface area (Å²) in [5, 5.41) is 3.20. The van der Waals surface area contributed by atoms with Gasteiger partial charge < -0.3 is 15.1 Å². The highest BCUT2D eigenvalue weighted by molar-refractivity contribution is 5.58. The molecule has 0 amide bonds. The zero-order chi connectivity index (χ0) is 13.7. The van der Waals surface area contributed by atoms with Gasteiger partial charge in [-0.2, -0.15) is 0 Å². The van der Waals surface area contributed by atoms with Crippen LogP contribution in [-0.4, -0.2) is 55.1 Å². The van der Waals surface area contributed by atoms with Gasteiger partial charge in [0.2, 0.25) is 0 Å². The molecule has 0 bridgehead atoms. The number of rotatable bonds is 4. The molecule has 0 unspecified atom stereocenters. The highest BCUT2D eigenvalue weighted by atomic mass is 15.2. The minimum atomic E-state index is 0.976. The molecule has 19 heavy (non-hydrogen) atoms. The quantitative estimate of drug-likeness (QED) is 0.894. The molecule has 1 N–H and O–H groups in total. The maximum Gasteiger partial charge on any atom is 0.137 e. The first-order chi connectivity index (χ1) is 9.26. The van der Waals surface area contributed by atoms with Gasteiger partial charge in [-0.15, -0.1) is 0 Å². The van der Waals surface area contributed by atoms with Crippen LogP contribution >= 0.6 is 0 Å². The predicted molar refractivity (Wildman–Crippen MR) is 79.9 cm³/mol. The van der Waals surface area contributed by atoms with E-state index in [1.807, 2.05) is 7.05 Å². The predicted octanol–water partition coefficient (Wildman–Crippen LogP) is 1.61. The van der Waals surface area contributed by atoms with Gasteiger partial charge in [-0.3, -0.25) is 0 Å². The zero-order valence-corrected chi connectivity index (χ0v) is 12.3. The third-order valence-corrected chi connectivity index (χ3v) is 3.68. The third kappa shape index (κ3) is 3.35. The average Bonchev–Trinajstić information content (AvgIpc) is 2.64. The Balaban J connectivity index is 2.26. The second kappa shape index (κ2) is 6.70. The monoisotopic (exact) mass is 263 g/mol. The molecule has 1 aromatic rings. The summed E-state index contributed by atoms with van der Waals surface area (Å²) >= 11 is 0. The van der Waals surface area contributed by atoms with E-state index >= 15 is 0 Å². The molecule has 1 aromatic heterocycles. The summed E-state index contributed by atoms with van der Waals surface area (Å²) in [6.45, 7) is 6.61. The Morgan fingerprint density at radius 2 is 2.05 bits per heavy atom. The maximum atomic E-state index is 4.55. The summed E-state index contributed by atoms with van der Waals surface area (Å²) in [7, 11) is 4.12. The molecule has 5 nitrogen and oxygen atoms in total. The summed E-state index contributed by atoms with van der Waals surface area (Å²) in [5.41, 5.74) is 1.26. The second-order valence-corrected chi connectivity index (χ2v) is 5.17. The number of anilines is 2. The van der Waals surface area contributed by atoms with Crippen LogP contribution in [0.5, 0.6) is 0 Å². The fourth-order valence-corrected chi connectivity index (χ4v) is 2.63. The Morgan fingerprint density at radius 1 is 1.21 bits per heavy atom. The molecule has 1 aliphatic rings. The van der Waals surface area contributed by atoms with Crippen LogP contribution in [0.3, 0.4) is 0 Å². The van der Waals surface area contributed by atoms with Gasteiger partial charge in [0.1, 0.15) is 18.0 Å². The molecule has 5 heteroatoms. The molecule has 0 saturated carbocycles. The number of likely N-dealkylation sites (N-methyl/N-ethyl adjacent to an activating group) is 1. The molecule has 0 atom stereocenters. The molecule has 0 aliphatic carbocycles. The van der Waals surface area contributed by atoms with Gasteiger partial charge in [0.05, 0.1) is 0 Å². The summed E-state index contributed by atoms with van der Waals surface area (Å²) < 4.78 is 0. The molecule has 106 valence electrons. The minimum Gasteiger partial charge on any atom is -0.373 e. The van der Waals surface area contributed by atoms with Crippen LogP contribution in [-0.2, 0) is 6.42 Å². The molecular formula is C14H25N5. The molecule has 1 saturated heterocycles. The smallest absolute Gasteiger partial charge is 0.137 e. The van der Waals surface area contributed by atoms with Crippen LogP contribution < -0.4 is 10.2 Å². The normalized spacial score (nSPS) is 17.3. The van der Waals surface area contributed by atoms with Crippen LogP contribution in [0.2, 0.25) is 0 Å². The van der Waals surface area contributed by atoms with E-state index in [1.54, 1.807) is 6.33 Å². The van der Waals surface area contributed by atoms with Crippen LogP contribution in [0, 0.1) is 0 Å².